The molecule has 0 aromatic heterocycles. The maximum absolute atomic E-state index is 12.7. The van der Waals surface area contributed by atoms with Crippen LogP contribution in [-0.4, -0.2) is 41.2 Å². The molecule has 7 nitrogen and oxygen atoms in total. The van der Waals surface area contributed by atoms with E-state index in [0.29, 0.717) is 5.75 Å². The lowest BCUT2D eigenvalue weighted by Gasteiger charge is -2.29. The van der Waals surface area contributed by atoms with Crippen LogP contribution in [-0.2, 0) is 4.79 Å². The molecule has 4 unspecified atom stereocenters. The number of aromatic hydroxyl groups is 2. The highest BCUT2D eigenvalue weighted by molar-refractivity contribution is 5.86. The minimum atomic E-state index is -0.394. The van der Waals surface area contributed by atoms with E-state index < -0.39 is 6.04 Å². The van der Waals surface area contributed by atoms with Gasteiger partial charge in [-0.05, 0) is 23.8 Å². The van der Waals surface area contributed by atoms with Gasteiger partial charge in [0.05, 0.1) is 19.2 Å². The summed E-state index contributed by atoms with van der Waals surface area (Å²) in [7, 11) is 3.27. The standard InChI is InChI=1S/C19H21N3O4/c1-22-18(10-7-8-13(24)14(9-10)26-2)15-16(20-21-17(15)19(22)25)11-5-3-4-6-12(11)23/h3-9,15-18,20-21,23-24H,1-2H3. The summed E-state index contributed by atoms with van der Waals surface area (Å²) in [6, 6.07) is 11.4. The number of hydrogen-bond donors (Lipinski definition) is 4. The molecule has 2 aromatic carbocycles. The highest BCUT2D eigenvalue weighted by Crippen LogP contribution is 2.48. The van der Waals surface area contributed by atoms with Gasteiger partial charge < -0.3 is 19.8 Å². The van der Waals surface area contributed by atoms with Crippen molar-refractivity contribution in [3.8, 4) is 17.2 Å². The van der Waals surface area contributed by atoms with Crippen molar-refractivity contribution in [1.82, 2.24) is 15.8 Å². The van der Waals surface area contributed by atoms with Crippen LogP contribution in [0.1, 0.15) is 23.2 Å². The predicted molar refractivity (Wildman–Crippen MR) is 94.6 cm³/mol. The molecule has 2 aromatic rings. The van der Waals surface area contributed by atoms with E-state index in [-0.39, 0.29) is 35.4 Å². The number of methoxy groups -OCH3 is 1. The van der Waals surface area contributed by atoms with Crippen LogP contribution in [0, 0.1) is 5.92 Å². The minimum Gasteiger partial charge on any atom is -0.508 e. The highest BCUT2D eigenvalue weighted by Gasteiger charge is 2.54. The van der Waals surface area contributed by atoms with E-state index in [1.807, 2.05) is 12.1 Å². The number of amides is 1. The van der Waals surface area contributed by atoms with Gasteiger partial charge in [0.15, 0.2) is 11.5 Å². The number of nitrogens with zero attached hydrogens (tertiary/aromatic N) is 1. The van der Waals surface area contributed by atoms with Gasteiger partial charge in [-0.2, -0.15) is 0 Å². The number of carbonyl (C=O) groups is 1. The van der Waals surface area contributed by atoms with Crippen molar-refractivity contribution in [3.63, 3.8) is 0 Å². The number of para-hydroxylation sites is 1. The van der Waals surface area contributed by atoms with Crippen molar-refractivity contribution >= 4 is 5.91 Å². The largest absolute Gasteiger partial charge is 0.508 e. The van der Waals surface area contributed by atoms with E-state index in [1.165, 1.54) is 7.11 Å². The Bertz CT molecular complexity index is 856. The molecule has 4 atom stereocenters. The number of fused-ring (bicyclic) bond motifs is 1. The summed E-state index contributed by atoms with van der Waals surface area (Å²) >= 11 is 0. The summed E-state index contributed by atoms with van der Waals surface area (Å²) < 4.78 is 5.22. The Balaban J connectivity index is 1.78. The number of likely N-dealkylation sites (tertiary alicyclic amines) is 1. The minimum absolute atomic E-state index is 0.0162. The van der Waals surface area contributed by atoms with Crippen LogP contribution in [0.4, 0.5) is 0 Å². The Hall–Kier alpha value is -2.77. The zero-order chi connectivity index (χ0) is 18.4. The van der Waals surface area contributed by atoms with E-state index in [1.54, 1.807) is 42.3 Å². The SMILES string of the molecule is COc1cc(C2C3C(NNC3c3ccccc3O)C(=O)N2C)ccc1O. The number of nitrogens with one attached hydrogen (secondary N) is 2. The Morgan fingerprint density at radius 1 is 1.04 bits per heavy atom. The smallest absolute Gasteiger partial charge is 0.241 e. The van der Waals surface area contributed by atoms with Crippen LogP contribution < -0.4 is 15.6 Å². The summed E-state index contributed by atoms with van der Waals surface area (Å²) in [5.74, 6) is 0.466. The molecule has 1 amide bonds. The number of hydrazine groups is 1. The molecule has 0 bridgehead atoms. The Morgan fingerprint density at radius 2 is 1.77 bits per heavy atom. The number of phenols is 2. The lowest BCUT2D eigenvalue weighted by molar-refractivity contribution is -0.129. The number of carbonyl (C=O) groups excluding carboxylic acids is 1. The second kappa shape index (κ2) is 6.19. The van der Waals surface area contributed by atoms with Crippen LogP contribution in [0.25, 0.3) is 0 Å². The van der Waals surface area contributed by atoms with Crippen LogP contribution in [0.3, 0.4) is 0 Å². The number of hydrogen-bond acceptors (Lipinski definition) is 6. The van der Waals surface area contributed by atoms with Crippen molar-refractivity contribution < 1.29 is 19.7 Å². The maximum Gasteiger partial charge on any atom is 0.241 e. The van der Waals surface area contributed by atoms with Gasteiger partial charge in [-0.15, -0.1) is 0 Å². The quantitative estimate of drug-likeness (QED) is 0.666. The summed E-state index contributed by atoms with van der Waals surface area (Å²) in [4.78, 5) is 14.4. The fourth-order valence-electron chi connectivity index (χ4n) is 4.13. The molecule has 2 saturated heterocycles. The van der Waals surface area contributed by atoms with E-state index in [2.05, 4.69) is 10.9 Å². The van der Waals surface area contributed by atoms with Gasteiger partial charge in [0.25, 0.3) is 0 Å². The fourth-order valence-corrected chi connectivity index (χ4v) is 4.13. The van der Waals surface area contributed by atoms with Crippen LogP contribution in [0.15, 0.2) is 42.5 Å². The average molecular weight is 355 g/mol. The van der Waals surface area contributed by atoms with Crippen molar-refractivity contribution in [1.29, 1.82) is 0 Å². The molecule has 4 N–H and O–H groups in total. The summed E-state index contributed by atoms with van der Waals surface area (Å²) in [5.41, 5.74) is 7.86. The van der Waals surface area contributed by atoms with Gasteiger partial charge in [0.1, 0.15) is 11.8 Å². The Morgan fingerprint density at radius 3 is 2.50 bits per heavy atom. The molecule has 136 valence electrons. The van der Waals surface area contributed by atoms with Crippen LogP contribution in [0.5, 0.6) is 17.2 Å². The summed E-state index contributed by atoms with van der Waals surface area (Å²) in [5, 5.41) is 20.2. The molecule has 0 aliphatic carbocycles. The van der Waals surface area contributed by atoms with Crippen molar-refractivity contribution in [2.75, 3.05) is 14.2 Å². The van der Waals surface area contributed by atoms with Crippen molar-refractivity contribution in [2.45, 2.75) is 18.1 Å². The third-order valence-electron chi connectivity index (χ3n) is 5.38. The summed E-state index contributed by atoms with van der Waals surface area (Å²) in [6.07, 6.45) is 0. The monoisotopic (exact) mass is 355 g/mol. The Labute approximate surface area is 151 Å². The Kier molecular flexibility index (Phi) is 3.97. The molecular weight excluding hydrogens is 334 g/mol. The molecule has 0 saturated carbocycles. The molecule has 2 fully saturated rings. The van der Waals surface area contributed by atoms with Gasteiger partial charge in [-0.3, -0.25) is 4.79 Å². The lowest BCUT2D eigenvalue weighted by Crippen LogP contribution is -2.39. The normalized spacial score (nSPS) is 27.6. The first kappa shape index (κ1) is 16.7. The number of likely N-dealkylation sites (N-methyl/N-ethyl adjacent to an activating group) is 1. The molecule has 26 heavy (non-hydrogen) atoms. The number of benzene rings is 2. The first-order chi connectivity index (χ1) is 12.5. The molecule has 2 heterocycles. The molecular formula is C19H21N3O4. The fraction of sp³-hybridized carbons (Fsp3) is 0.316. The zero-order valence-electron chi connectivity index (χ0n) is 14.5. The highest BCUT2D eigenvalue weighted by atomic mass is 16.5. The summed E-state index contributed by atoms with van der Waals surface area (Å²) in [6.45, 7) is 0. The van der Waals surface area contributed by atoms with Crippen molar-refractivity contribution in [3.05, 3.63) is 53.6 Å². The molecule has 7 heteroatoms. The predicted octanol–water partition coefficient (Wildman–Crippen LogP) is 1.45. The maximum atomic E-state index is 12.7. The third-order valence-corrected chi connectivity index (χ3v) is 5.38. The van der Waals surface area contributed by atoms with Crippen LogP contribution in [0.2, 0.25) is 0 Å². The van der Waals surface area contributed by atoms with E-state index in [9.17, 15) is 15.0 Å². The van der Waals surface area contributed by atoms with Crippen LogP contribution >= 0.6 is 0 Å². The van der Waals surface area contributed by atoms with Gasteiger partial charge in [-0.25, -0.2) is 10.9 Å². The number of ether oxygens (including phenoxy) is 1. The number of rotatable bonds is 3. The molecule has 0 spiro atoms. The molecule has 2 aliphatic rings. The third kappa shape index (κ3) is 2.40. The average Bonchev–Trinajstić information content (AvgIpc) is 3.16. The molecule has 0 radical (unpaired) electrons. The zero-order valence-corrected chi connectivity index (χ0v) is 14.5. The number of phenolic OH excluding ortho intramolecular Hbond substituents is 2. The molecule has 4 rings (SSSR count). The van der Waals surface area contributed by atoms with E-state index in [4.69, 9.17) is 4.74 Å². The van der Waals surface area contributed by atoms with Gasteiger partial charge in [0, 0.05) is 18.5 Å². The van der Waals surface area contributed by atoms with E-state index >= 15 is 0 Å². The topological polar surface area (TPSA) is 94.1 Å². The van der Waals surface area contributed by atoms with Gasteiger partial charge >= 0.3 is 0 Å². The first-order valence-corrected chi connectivity index (χ1v) is 8.45. The van der Waals surface area contributed by atoms with Gasteiger partial charge in [0.2, 0.25) is 5.91 Å². The van der Waals surface area contributed by atoms with E-state index in [0.717, 1.165) is 11.1 Å². The second-order valence-electron chi connectivity index (χ2n) is 6.71. The molecule has 2 aliphatic heterocycles. The first-order valence-electron chi connectivity index (χ1n) is 8.45. The lowest BCUT2D eigenvalue weighted by atomic mass is 9.83. The van der Waals surface area contributed by atoms with Crippen molar-refractivity contribution in [2.24, 2.45) is 5.92 Å². The van der Waals surface area contributed by atoms with Gasteiger partial charge in [-0.1, -0.05) is 24.3 Å². The second-order valence-corrected chi connectivity index (χ2v) is 6.71.